The first-order valence-corrected chi connectivity index (χ1v) is 8.25. The van der Waals surface area contributed by atoms with Gasteiger partial charge in [0.05, 0.1) is 6.10 Å². The molecule has 0 amide bonds. The average molecular weight is 253 g/mol. The maximum Gasteiger partial charge on any atom is 0.0576 e. The van der Waals surface area contributed by atoms with Gasteiger partial charge in [-0.3, -0.25) is 0 Å². The molecule has 0 aromatic carbocycles. The topological polar surface area (TPSA) is 21.3 Å². The van der Waals surface area contributed by atoms with E-state index in [4.69, 9.17) is 4.74 Å². The summed E-state index contributed by atoms with van der Waals surface area (Å²) in [5.74, 6) is 0.925. The smallest absolute Gasteiger partial charge is 0.0576 e. The lowest BCUT2D eigenvalue weighted by Gasteiger charge is -2.28. The first-order chi connectivity index (χ1) is 8.90. The van der Waals surface area contributed by atoms with Crippen LogP contribution in [0.15, 0.2) is 0 Å². The first-order valence-electron chi connectivity index (χ1n) is 8.25. The first kappa shape index (κ1) is 14.3. The molecule has 2 fully saturated rings. The summed E-state index contributed by atoms with van der Waals surface area (Å²) in [7, 11) is 0. The minimum Gasteiger partial charge on any atom is -0.378 e. The van der Waals surface area contributed by atoms with Crippen LogP contribution in [0.5, 0.6) is 0 Å². The molecule has 2 nitrogen and oxygen atoms in total. The summed E-state index contributed by atoms with van der Waals surface area (Å²) in [6.45, 7) is 4.36. The van der Waals surface area contributed by atoms with E-state index >= 15 is 0 Å². The molecule has 1 N–H and O–H groups in total. The van der Waals surface area contributed by atoms with Crippen LogP contribution < -0.4 is 5.32 Å². The zero-order chi connectivity index (χ0) is 12.6. The number of rotatable bonds is 6. The SMILES string of the molecule is CCNC(CCC1CCCO1)C1CCCCCC1. The van der Waals surface area contributed by atoms with Gasteiger partial charge in [-0.1, -0.05) is 32.6 Å². The van der Waals surface area contributed by atoms with Gasteiger partial charge in [-0.15, -0.1) is 0 Å². The van der Waals surface area contributed by atoms with Crippen LogP contribution in [0.25, 0.3) is 0 Å². The highest BCUT2D eigenvalue weighted by Crippen LogP contribution is 2.28. The summed E-state index contributed by atoms with van der Waals surface area (Å²) in [5.41, 5.74) is 0. The van der Waals surface area contributed by atoms with E-state index in [1.807, 2.05) is 0 Å². The largest absolute Gasteiger partial charge is 0.378 e. The predicted molar refractivity (Wildman–Crippen MR) is 76.9 cm³/mol. The van der Waals surface area contributed by atoms with Gasteiger partial charge in [0.2, 0.25) is 0 Å². The maximum absolute atomic E-state index is 5.77. The van der Waals surface area contributed by atoms with Crippen molar-refractivity contribution in [1.82, 2.24) is 5.32 Å². The van der Waals surface area contributed by atoms with Gasteiger partial charge in [0.25, 0.3) is 0 Å². The van der Waals surface area contributed by atoms with E-state index in [-0.39, 0.29) is 0 Å². The van der Waals surface area contributed by atoms with Crippen molar-refractivity contribution >= 4 is 0 Å². The molecule has 0 radical (unpaired) electrons. The van der Waals surface area contributed by atoms with E-state index in [1.165, 1.54) is 64.2 Å². The molecule has 106 valence electrons. The molecule has 1 saturated carbocycles. The third kappa shape index (κ3) is 4.55. The highest BCUT2D eigenvalue weighted by molar-refractivity contribution is 4.80. The minimum atomic E-state index is 0.567. The standard InChI is InChI=1S/C16H31NO/c1-2-17-16(12-11-15-10-7-13-18-15)14-8-5-3-4-6-9-14/h14-17H,2-13H2,1H3. The fourth-order valence-corrected chi connectivity index (χ4v) is 3.72. The van der Waals surface area contributed by atoms with Crippen molar-refractivity contribution in [3.63, 3.8) is 0 Å². The molecular formula is C16H31NO. The third-order valence-electron chi connectivity index (χ3n) is 4.76. The third-order valence-corrected chi connectivity index (χ3v) is 4.76. The molecule has 0 aromatic heterocycles. The fourth-order valence-electron chi connectivity index (χ4n) is 3.72. The van der Waals surface area contributed by atoms with Crippen LogP contribution in [-0.4, -0.2) is 25.3 Å². The second-order valence-electron chi connectivity index (χ2n) is 6.13. The van der Waals surface area contributed by atoms with Crippen molar-refractivity contribution in [2.45, 2.75) is 83.3 Å². The molecule has 1 saturated heterocycles. The van der Waals surface area contributed by atoms with E-state index in [0.717, 1.165) is 25.1 Å². The van der Waals surface area contributed by atoms with Gasteiger partial charge < -0.3 is 10.1 Å². The fraction of sp³-hybridized carbons (Fsp3) is 1.00. The Kier molecular flexibility index (Phi) is 6.50. The average Bonchev–Trinajstić information content (AvgIpc) is 2.75. The molecule has 2 heteroatoms. The number of hydrogen-bond donors (Lipinski definition) is 1. The lowest BCUT2D eigenvalue weighted by Crippen LogP contribution is -2.36. The Bertz CT molecular complexity index is 205. The van der Waals surface area contributed by atoms with Gasteiger partial charge in [-0.2, -0.15) is 0 Å². The van der Waals surface area contributed by atoms with Crippen LogP contribution in [-0.2, 0) is 4.74 Å². The molecule has 18 heavy (non-hydrogen) atoms. The Balaban J connectivity index is 1.77. The van der Waals surface area contributed by atoms with Crippen LogP contribution in [0.4, 0.5) is 0 Å². The molecule has 0 bridgehead atoms. The molecule has 1 heterocycles. The quantitative estimate of drug-likeness (QED) is 0.725. The summed E-state index contributed by atoms with van der Waals surface area (Å²) >= 11 is 0. The van der Waals surface area contributed by atoms with Crippen LogP contribution in [0, 0.1) is 5.92 Å². The minimum absolute atomic E-state index is 0.567. The molecule has 2 atom stereocenters. The van der Waals surface area contributed by atoms with Gasteiger partial charge in [0, 0.05) is 12.6 Å². The number of ether oxygens (including phenoxy) is 1. The summed E-state index contributed by atoms with van der Waals surface area (Å²) in [4.78, 5) is 0. The molecule has 0 spiro atoms. The summed E-state index contributed by atoms with van der Waals surface area (Å²) in [6, 6.07) is 0.747. The maximum atomic E-state index is 5.77. The molecule has 2 aliphatic rings. The van der Waals surface area contributed by atoms with Crippen LogP contribution >= 0.6 is 0 Å². The van der Waals surface area contributed by atoms with Crippen molar-refractivity contribution in [2.24, 2.45) is 5.92 Å². The normalized spacial score (nSPS) is 28.2. The Hall–Kier alpha value is -0.0800. The van der Waals surface area contributed by atoms with Crippen LogP contribution in [0.3, 0.4) is 0 Å². The molecule has 2 rings (SSSR count). The summed E-state index contributed by atoms with van der Waals surface area (Å²) in [6.07, 6.45) is 14.4. The Morgan fingerprint density at radius 1 is 1.06 bits per heavy atom. The van der Waals surface area contributed by atoms with Gasteiger partial charge >= 0.3 is 0 Å². The second kappa shape index (κ2) is 8.16. The predicted octanol–water partition coefficient (Wildman–Crippen LogP) is 3.89. The molecule has 1 aliphatic heterocycles. The Morgan fingerprint density at radius 2 is 1.83 bits per heavy atom. The lowest BCUT2D eigenvalue weighted by atomic mass is 9.88. The summed E-state index contributed by atoms with van der Waals surface area (Å²) in [5, 5.41) is 3.75. The molecule has 2 unspecified atom stereocenters. The highest BCUT2D eigenvalue weighted by atomic mass is 16.5. The van der Waals surface area contributed by atoms with E-state index in [0.29, 0.717) is 6.10 Å². The van der Waals surface area contributed by atoms with Gasteiger partial charge in [0.1, 0.15) is 0 Å². The summed E-state index contributed by atoms with van der Waals surface area (Å²) < 4.78 is 5.77. The van der Waals surface area contributed by atoms with E-state index in [1.54, 1.807) is 0 Å². The Labute approximate surface area is 113 Å². The van der Waals surface area contributed by atoms with Crippen molar-refractivity contribution in [2.75, 3.05) is 13.2 Å². The zero-order valence-corrected chi connectivity index (χ0v) is 12.1. The van der Waals surface area contributed by atoms with Crippen molar-refractivity contribution in [3.8, 4) is 0 Å². The Morgan fingerprint density at radius 3 is 2.44 bits per heavy atom. The molecule has 1 aliphatic carbocycles. The van der Waals surface area contributed by atoms with Crippen LogP contribution in [0.2, 0.25) is 0 Å². The lowest BCUT2D eigenvalue weighted by molar-refractivity contribution is 0.0965. The van der Waals surface area contributed by atoms with E-state index < -0.39 is 0 Å². The van der Waals surface area contributed by atoms with Gasteiger partial charge in [0.15, 0.2) is 0 Å². The van der Waals surface area contributed by atoms with Gasteiger partial charge in [-0.25, -0.2) is 0 Å². The van der Waals surface area contributed by atoms with Crippen molar-refractivity contribution < 1.29 is 4.74 Å². The molecular weight excluding hydrogens is 222 g/mol. The van der Waals surface area contributed by atoms with Crippen molar-refractivity contribution in [3.05, 3.63) is 0 Å². The van der Waals surface area contributed by atoms with E-state index in [9.17, 15) is 0 Å². The number of hydrogen-bond acceptors (Lipinski definition) is 2. The zero-order valence-electron chi connectivity index (χ0n) is 12.1. The number of nitrogens with one attached hydrogen (secondary N) is 1. The monoisotopic (exact) mass is 253 g/mol. The molecule has 0 aromatic rings. The van der Waals surface area contributed by atoms with E-state index in [2.05, 4.69) is 12.2 Å². The van der Waals surface area contributed by atoms with Gasteiger partial charge in [-0.05, 0) is 51.0 Å². The van der Waals surface area contributed by atoms with Crippen molar-refractivity contribution in [1.29, 1.82) is 0 Å². The second-order valence-corrected chi connectivity index (χ2v) is 6.13. The van der Waals surface area contributed by atoms with Crippen LogP contribution in [0.1, 0.15) is 71.1 Å². The highest BCUT2D eigenvalue weighted by Gasteiger charge is 2.24.